The Labute approximate surface area is 97.4 Å². The highest BCUT2D eigenvalue weighted by molar-refractivity contribution is 5.15. The molecule has 0 amide bonds. The van der Waals surface area contributed by atoms with E-state index in [9.17, 15) is 0 Å². The number of hydrogen-bond acceptors (Lipinski definition) is 3. The summed E-state index contributed by atoms with van der Waals surface area (Å²) in [5.41, 5.74) is 8.51. The van der Waals surface area contributed by atoms with Gasteiger partial charge in [0.25, 0.3) is 0 Å². The second-order valence-electron chi connectivity index (χ2n) is 5.21. The topological polar surface area (TPSA) is 47.1 Å². The summed E-state index contributed by atoms with van der Waals surface area (Å²) in [6, 6.07) is 0.334. The van der Waals surface area contributed by atoms with Crippen molar-refractivity contribution in [2.75, 3.05) is 13.1 Å². The van der Waals surface area contributed by atoms with Crippen molar-refractivity contribution in [3.63, 3.8) is 0 Å². The number of rotatable bonds is 2. The summed E-state index contributed by atoms with van der Waals surface area (Å²) in [5.74, 6) is 0.709. The summed E-state index contributed by atoms with van der Waals surface area (Å²) in [5, 5.41) is 4.37. The van der Waals surface area contributed by atoms with Crippen LogP contribution in [0.4, 0.5) is 0 Å². The summed E-state index contributed by atoms with van der Waals surface area (Å²) in [7, 11) is 1.97. The predicted octanol–water partition coefficient (Wildman–Crippen LogP) is 0.898. The van der Waals surface area contributed by atoms with Gasteiger partial charge < -0.3 is 5.73 Å². The predicted molar refractivity (Wildman–Crippen MR) is 65.0 cm³/mol. The van der Waals surface area contributed by atoms with Crippen LogP contribution in [0.15, 0.2) is 6.20 Å². The second kappa shape index (κ2) is 4.55. The van der Waals surface area contributed by atoms with Crippen molar-refractivity contribution in [3.05, 3.63) is 17.5 Å². The van der Waals surface area contributed by atoms with Crippen LogP contribution in [0.1, 0.15) is 24.6 Å². The van der Waals surface area contributed by atoms with Crippen LogP contribution in [0.25, 0.3) is 0 Å². The summed E-state index contributed by atoms with van der Waals surface area (Å²) in [6.07, 6.45) is 3.27. The van der Waals surface area contributed by atoms with Crippen molar-refractivity contribution < 1.29 is 0 Å². The molecule has 0 saturated carbocycles. The molecule has 2 heterocycles. The monoisotopic (exact) mass is 222 g/mol. The van der Waals surface area contributed by atoms with Gasteiger partial charge in [-0.1, -0.05) is 6.92 Å². The molecule has 0 aliphatic carbocycles. The van der Waals surface area contributed by atoms with E-state index in [4.69, 9.17) is 5.73 Å². The van der Waals surface area contributed by atoms with Gasteiger partial charge in [-0.2, -0.15) is 5.10 Å². The van der Waals surface area contributed by atoms with Crippen molar-refractivity contribution in [1.82, 2.24) is 14.7 Å². The third kappa shape index (κ3) is 2.62. The number of aryl methyl sites for hydroxylation is 2. The average molecular weight is 222 g/mol. The molecule has 0 spiro atoms. The van der Waals surface area contributed by atoms with E-state index in [0.717, 1.165) is 31.7 Å². The standard InChI is InChI=1S/C12H22N4/c1-9-4-12(13)8-16(5-9)7-11-6-15(3)14-10(11)2/h6,9,12H,4-5,7-8,13H2,1-3H3. The minimum absolute atomic E-state index is 0.334. The fraction of sp³-hybridized carbons (Fsp3) is 0.750. The lowest BCUT2D eigenvalue weighted by Crippen LogP contribution is -2.45. The van der Waals surface area contributed by atoms with Gasteiger partial charge in [0.15, 0.2) is 0 Å². The van der Waals surface area contributed by atoms with Gasteiger partial charge in [0, 0.05) is 44.5 Å². The van der Waals surface area contributed by atoms with Crippen LogP contribution in [0.3, 0.4) is 0 Å². The Hall–Kier alpha value is -0.870. The van der Waals surface area contributed by atoms with Crippen LogP contribution >= 0.6 is 0 Å². The fourth-order valence-corrected chi connectivity index (χ4v) is 2.69. The molecule has 1 aliphatic heterocycles. The van der Waals surface area contributed by atoms with E-state index in [2.05, 4.69) is 30.0 Å². The van der Waals surface area contributed by atoms with Gasteiger partial charge in [-0.25, -0.2) is 0 Å². The van der Waals surface area contributed by atoms with Crippen molar-refractivity contribution in [2.45, 2.75) is 32.9 Å². The molecule has 0 bridgehead atoms. The highest BCUT2D eigenvalue weighted by Gasteiger charge is 2.22. The normalized spacial score (nSPS) is 27.2. The van der Waals surface area contributed by atoms with Crippen LogP contribution in [0.2, 0.25) is 0 Å². The largest absolute Gasteiger partial charge is 0.327 e. The first-order chi connectivity index (χ1) is 7.54. The molecule has 0 aromatic carbocycles. The zero-order valence-electron chi connectivity index (χ0n) is 10.5. The number of piperidine rings is 1. The Morgan fingerprint density at radius 3 is 2.81 bits per heavy atom. The van der Waals surface area contributed by atoms with E-state index in [1.165, 1.54) is 5.56 Å². The van der Waals surface area contributed by atoms with Crippen LogP contribution in [0, 0.1) is 12.8 Å². The average Bonchev–Trinajstić information content (AvgIpc) is 2.43. The van der Waals surface area contributed by atoms with Gasteiger partial charge in [-0.3, -0.25) is 9.58 Å². The van der Waals surface area contributed by atoms with Gasteiger partial charge in [0.05, 0.1) is 5.69 Å². The van der Waals surface area contributed by atoms with Crippen LogP contribution < -0.4 is 5.73 Å². The molecule has 1 saturated heterocycles. The Morgan fingerprint density at radius 2 is 2.25 bits per heavy atom. The van der Waals surface area contributed by atoms with Crippen molar-refractivity contribution in [2.24, 2.45) is 18.7 Å². The third-order valence-electron chi connectivity index (χ3n) is 3.28. The van der Waals surface area contributed by atoms with E-state index in [1.807, 2.05) is 11.7 Å². The number of aromatic nitrogens is 2. The van der Waals surface area contributed by atoms with Crippen LogP contribution in [0.5, 0.6) is 0 Å². The molecular formula is C12H22N4. The Bertz CT molecular complexity index is 348. The van der Waals surface area contributed by atoms with Crippen LogP contribution in [-0.2, 0) is 13.6 Å². The third-order valence-corrected chi connectivity index (χ3v) is 3.28. The Balaban J connectivity index is 2.01. The molecule has 2 N–H and O–H groups in total. The lowest BCUT2D eigenvalue weighted by molar-refractivity contribution is 0.158. The van der Waals surface area contributed by atoms with Crippen LogP contribution in [-0.4, -0.2) is 33.8 Å². The fourth-order valence-electron chi connectivity index (χ4n) is 2.69. The SMILES string of the molecule is Cc1nn(C)cc1CN1CC(C)CC(N)C1. The lowest BCUT2D eigenvalue weighted by atomic mass is 9.96. The molecule has 1 aliphatic rings. The molecular weight excluding hydrogens is 200 g/mol. The minimum Gasteiger partial charge on any atom is -0.327 e. The van der Waals surface area contributed by atoms with E-state index < -0.39 is 0 Å². The molecule has 2 rings (SSSR count). The van der Waals surface area contributed by atoms with Gasteiger partial charge >= 0.3 is 0 Å². The van der Waals surface area contributed by atoms with E-state index in [-0.39, 0.29) is 0 Å². The maximum atomic E-state index is 6.05. The quantitative estimate of drug-likeness (QED) is 0.808. The van der Waals surface area contributed by atoms with E-state index >= 15 is 0 Å². The van der Waals surface area contributed by atoms with E-state index in [1.54, 1.807) is 0 Å². The van der Waals surface area contributed by atoms with Gasteiger partial charge in [-0.05, 0) is 19.3 Å². The molecule has 0 radical (unpaired) electrons. The number of hydrogen-bond donors (Lipinski definition) is 1. The first-order valence-corrected chi connectivity index (χ1v) is 6.01. The maximum Gasteiger partial charge on any atom is 0.0638 e. The summed E-state index contributed by atoms with van der Waals surface area (Å²) < 4.78 is 1.89. The van der Waals surface area contributed by atoms with Crippen molar-refractivity contribution >= 4 is 0 Å². The summed E-state index contributed by atoms with van der Waals surface area (Å²) in [6.45, 7) is 7.50. The molecule has 2 unspecified atom stereocenters. The zero-order chi connectivity index (χ0) is 11.7. The minimum atomic E-state index is 0.334. The first-order valence-electron chi connectivity index (χ1n) is 6.01. The molecule has 2 atom stereocenters. The lowest BCUT2D eigenvalue weighted by Gasteiger charge is -2.34. The van der Waals surface area contributed by atoms with E-state index in [0.29, 0.717) is 12.0 Å². The van der Waals surface area contributed by atoms with Crippen molar-refractivity contribution in [3.8, 4) is 0 Å². The molecule has 90 valence electrons. The molecule has 4 nitrogen and oxygen atoms in total. The van der Waals surface area contributed by atoms with Gasteiger partial charge in [0.2, 0.25) is 0 Å². The second-order valence-corrected chi connectivity index (χ2v) is 5.21. The Kier molecular flexibility index (Phi) is 3.30. The van der Waals surface area contributed by atoms with Gasteiger partial charge in [0.1, 0.15) is 0 Å². The molecule has 1 aromatic rings. The maximum absolute atomic E-state index is 6.05. The number of nitrogens with zero attached hydrogens (tertiary/aromatic N) is 3. The summed E-state index contributed by atoms with van der Waals surface area (Å²) in [4.78, 5) is 2.45. The number of likely N-dealkylation sites (tertiary alicyclic amines) is 1. The Morgan fingerprint density at radius 1 is 1.50 bits per heavy atom. The highest BCUT2D eigenvalue weighted by Crippen LogP contribution is 2.18. The van der Waals surface area contributed by atoms with Crippen molar-refractivity contribution in [1.29, 1.82) is 0 Å². The molecule has 4 heteroatoms. The molecule has 1 aromatic heterocycles. The first kappa shape index (κ1) is 11.6. The van der Waals surface area contributed by atoms with Gasteiger partial charge in [-0.15, -0.1) is 0 Å². The molecule has 1 fully saturated rings. The summed E-state index contributed by atoms with van der Waals surface area (Å²) >= 11 is 0. The highest BCUT2D eigenvalue weighted by atomic mass is 15.3. The molecule has 16 heavy (non-hydrogen) atoms. The smallest absolute Gasteiger partial charge is 0.0638 e. The zero-order valence-corrected chi connectivity index (χ0v) is 10.5. The number of nitrogens with two attached hydrogens (primary N) is 1.